The molecule has 0 fully saturated rings. The van der Waals surface area contributed by atoms with Gasteiger partial charge >= 0.3 is 0 Å². The van der Waals surface area contributed by atoms with Crippen molar-refractivity contribution in [2.45, 2.75) is 6.54 Å². The Hall–Kier alpha value is -2.81. The zero-order valence-electron chi connectivity index (χ0n) is 11.4. The van der Waals surface area contributed by atoms with Gasteiger partial charge in [-0.1, -0.05) is 30.3 Å². The highest BCUT2D eigenvalue weighted by Gasteiger charge is 2.12. The second-order valence-electron chi connectivity index (χ2n) is 5.22. The molecule has 0 saturated heterocycles. The lowest BCUT2D eigenvalue weighted by molar-refractivity contribution is 0.955. The minimum atomic E-state index is -0.0456. The Morgan fingerprint density at radius 3 is 2.90 bits per heavy atom. The fourth-order valence-corrected chi connectivity index (χ4v) is 2.77. The number of pyridine rings is 1. The lowest BCUT2D eigenvalue weighted by atomic mass is 10.0. The average Bonchev–Trinajstić information content (AvgIpc) is 2.54. The largest absolute Gasteiger partial charge is 0.343 e. The first-order chi connectivity index (χ1) is 10.3. The minimum absolute atomic E-state index is 0.0456. The van der Waals surface area contributed by atoms with E-state index >= 15 is 0 Å². The van der Waals surface area contributed by atoms with Gasteiger partial charge in [0, 0.05) is 30.0 Å². The number of rotatable bonds is 1. The van der Waals surface area contributed by atoms with Crippen LogP contribution in [0.25, 0.3) is 16.8 Å². The molecule has 0 aliphatic carbocycles. The van der Waals surface area contributed by atoms with Crippen molar-refractivity contribution < 1.29 is 0 Å². The molecule has 3 aromatic rings. The van der Waals surface area contributed by atoms with Crippen LogP contribution in [0.15, 0.2) is 65.7 Å². The van der Waals surface area contributed by atoms with Gasteiger partial charge in [0.25, 0.3) is 5.56 Å². The molecular weight excluding hydrogens is 260 g/mol. The Bertz CT molecular complexity index is 908. The molecule has 1 N–H and O–H groups in total. The minimum Gasteiger partial charge on any atom is -0.343 e. The molecule has 0 saturated carbocycles. The van der Waals surface area contributed by atoms with Crippen LogP contribution in [0, 0.1) is 0 Å². The van der Waals surface area contributed by atoms with Gasteiger partial charge in [-0.15, -0.1) is 0 Å². The fourth-order valence-electron chi connectivity index (χ4n) is 2.77. The molecule has 0 bridgehead atoms. The zero-order chi connectivity index (χ0) is 14.2. The molecule has 3 heteroatoms. The molecule has 0 atom stereocenters. The Morgan fingerprint density at radius 1 is 1.05 bits per heavy atom. The maximum Gasteiger partial charge on any atom is 0.255 e. The van der Waals surface area contributed by atoms with Crippen LogP contribution in [0.3, 0.4) is 0 Å². The number of fused-ring (bicyclic) bond motifs is 2. The van der Waals surface area contributed by atoms with Crippen molar-refractivity contribution in [1.82, 2.24) is 4.98 Å². The number of anilines is 1. The summed E-state index contributed by atoms with van der Waals surface area (Å²) in [6.45, 7) is 0.822. The van der Waals surface area contributed by atoms with Crippen LogP contribution in [0.1, 0.15) is 11.1 Å². The molecule has 0 amide bonds. The maximum atomic E-state index is 11.9. The third-order valence-corrected chi connectivity index (χ3v) is 3.92. The number of benzene rings is 2. The summed E-state index contributed by atoms with van der Waals surface area (Å²) >= 11 is 0. The summed E-state index contributed by atoms with van der Waals surface area (Å²) in [5, 5.41) is 1.69. The van der Waals surface area contributed by atoms with E-state index in [9.17, 15) is 4.79 Å². The number of hydrogen-bond acceptors (Lipinski definition) is 2. The molecule has 2 aromatic carbocycles. The Labute approximate surface area is 122 Å². The molecular formula is C18H14N2O. The third kappa shape index (κ3) is 2.03. The molecule has 0 spiro atoms. The fraction of sp³-hybridized carbons (Fsp3) is 0.0556. The van der Waals surface area contributed by atoms with Crippen molar-refractivity contribution in [3.05, 3.63) is 82.4 Å². The molecule has 2 heterocycles. The maximum absolute atomic E-state index is 11.9. The van der Waals surface area contributed by atoms with E-state index in [1.807, 2.05) is 18.2 Å². The number of nitrogens with zero attached hydrogens (tertiary/aromatic N) is 1. The molecule has 1 aromatic heterocycles. The highest BCUT2D eigenvalue weighted by atomic mass is 16.1. The first kappa shape index (κ1) is 12.0. The van der Waals surface area contributed by atoms with Gasteiger partial charge in [-0.3, -0.25) is 4.79 Å². The first-order valence-electron chi connectivity index (χ1n) is 6.95. The summed E-state index contributed by atoms with van der Waals surface area (Å²) in [4.78, 5) is 16.8. The molecule has 0 radical (unpaired) electrons. The molecule has 3 nitrogen and oxygen atoms in total. The summed E-state index contributed by atoms with van der Waals surface area (Å²) < 4.78 is 0. The van der Waals surface area contributed by atoms with E-state index in [2.05, 4.69) is 52.5 Å². The van der Waals surface area contributed by atoms with E-state index in [1.165, 1.54) is 11.1 Å². The van der Waals surface area contributed by atoms with Gasteiger partial charge in [0.1, 0.15) is 0 Å². The van der Waals surface area contributed by atoms with Gasteiger partial charge in [-0.2, -0.15) is 0 Å². The molecule has 102 valence electrons. The molecule has 1 aliphatic heterocycles. The van der Waals surface area contributed by atoms with E-state index in [0.717, 1.165) is 23.0 Å². The summed E-state index contributed by atoms with van der Waals surface area (Å²) in [6.07, 6.45) is 5.86. The number of H-pyrrole nitrogens is 1. The second kappa shape index (κ2) is 4.63. The van der Waals surface area contributed by atoms with E-state index in [1.54, 1.807) is 6.20 Å². The predicted molar refractivity (Wildman–Crippen MR) is 86.2 cm³/mol. The normalized spacial score (nSPS) is 13.4. The number of nitrogens with one attached hydrogen (secondary N) is 1. The van der Waals surface area contributed by atoms with E-state index < -0.39 is 0 Å². The molecule has 4 rings (SSSR count). The lowest BCUT2D eigenvalue weighted by Gasteiger charge is -2.25. The van der Waals surface area contributed by atoms with E-state index in [-0.39, 0.29) is 5.56 Å². The van der Waals surface area contributed by atoms with Crippen LogP contribution in [0.5, 0.6) is 0 Å². The number of aromatic nitrogens is 1. The van der Waals surface area contributed by atoms with Crippen LogP contribution in [0.4, 0.5) is 5.69 Å². The summed E-state index contributed by atoms with van der Waals surface area (Å²) in [7, 11) is 0. The average molecular weight is 274 g/mol. The number of hydrogen-bond donors (Lipinski definition) is 1. The topological polar surface area (TPSA) is 36.1 Å². The van der Waals surface area contributed by atoms with Crippen LogP contribution in [0.2, 0.25) is 0 Å². The van der Waals surface area contributed by atoms with Gasteiger partial charge in [-0.25, -0.2) is 0 Å². The highest BCUT2D eigenvalue weighted by molar-refractivity contribution is 5.85. The monoisotopic (exact) mass is 274 g/mol. The van der Waals surface area contributed by atoms with Crippen molar-refractivity contribution in [3.8, 4) is 0 Å². The van der Waals surface area contributed by atoms with Crippen molar-refractivity contribution >= 4 is 22.5 Å². The summed E-state index contributed by atoms with van der Waals surface area (Å²) in [5.41, 5.74) is 3.54. The van der Waals surface area contributed by atoms with Crippen LogP contribution >= 0.6 is 0 Å². The quantitative estimate of drug-likeness (QED) is 0.737. The van der Waals surface area contributed by atoms with Gasteiger partial charge in [0.2, 0.25) is 0 Å². The van der Waals surface area contributed by atoms with E-state index in [4.69, 9.17) is 0 Å². The predicted octanol–water partition coefficient (Wildman–Crippen LogP) is 3.52. The van der Waals surface area contributed by atoms with Crippen LogP contribution in [-0.2, 0) is 6.54 Å². The molecule has 21 heavy (non-hydrogen) atoms. The van der Waals surface area contributed by atoms with Crippen molar-refractivity contribution in [2.24, 2.45) is 0 Å². The third-order valence-electron chi connectivity index (χ3n) is 3.92. The lowest BCUT2D eigenvalue weighted by Crippen LogP contribution is -2.19. The zero-order valence-corrected chi connectivity index (χ0v) is 11.4. The second-order valence-corrected chi connectivity index (χ2v) is 5.22. The van der Waals surface area contributed by atoms with Gasteiger partial charge in [0.05, 0.1) is 0 Å². The van der Waals surface area contributed by atoms with Crippen LogP contribution < -0.4 is 10.5 Å². The van der Waals surface area contributed by atoms with Crippen molar-refractivity contribution in [3.63, 3.8) is 0 Å². The van der Waals surface area contributed by atoms with Crippen LogP contribution in [-0.4, -0.2) is 4.98 Å². The number of aromatic amines is 1. The first-order valence-corrected chi connectivity index (χ1v) is 6.95. The molecule has 0 unspecified atom stereocenters. The van der Waals surface area contributed by atoms with E-state index in [0.29, 0.717) is 0 Å². The van der Waals surface area contributed by atoms with Gasteiger partial charge in [0.15, 0.2) is 0 Å². The van der Waals surface area contributed by atoms with Gasteiger partial charge < -0.3 is 9.88 Å². The smallest absolute Gasteiger partial charge is 0.255 e. The highest BCUT2D eigenvalue weighted by Crippen LogP contribution is 2.26. The standard InChI is InChI=1S/C18H14N2O/c21-18-17-11-16(6-5-14(17)7-9-19-18)20-10-8-13-3-1-2-4-15(13)12-20/h1-11H,12H2,(H,19,21). The Morgan fingerprint density at radius 2 is 1.95 bits per heavy atom. The molecule has 1 aliphatic rings. The van der Waals surface area contributed by atoms with Crippen molar-refractivity contribution in [2.75, 3.05) is 4.90 Å². The van der Waals surface area contributed by atoms with Crippen molar-refractivity contribution in [1.29, 1.82) is 0 Å². The Balaban J connectivity index is 1.79. The SMILES string of the molecule is O=c1[nH]ccc2ccc(N3C=Cc4ccccc4C3)cc12. The van der Waals surface area contributed by atoms with Gasteiger partial charge in [-0.05, 0) is 40.8 Å². The summed E-state index contributed by atoms with van der Waals surface area (Å²) in [5.74, 6) is 0. The summed E-state index contributed by atoms with van der Waals surface area (Å²) in [6, 6.07) is 16.3. The Kier molecular flexibility index (Phi) is 2.64.